The van der Waals surface area contributed by atoms with E-state index in [0.29, 0.717) is 11.3 Å². The van der Waals surface area contributed by atoms with Crippen LogP contribution >= 0.6 is 11.3 Å². The number of hydrogen-bond donors (Lipinski definition) is 3. The molecule has 0 bridgehead atoms. The van der Waals surface area contributed by atoms with Gasteiger partial charge in [-0.05, 0) is 13.8 Å². The highest BCUT2D eigenvalue weighted by molar-refractivity contribution is 7.91. The predicted octanol–water partition coefficient (Wildman–Crippen LogP) is 0.171. The molecule has 20 heavy (non-hydrogen) atoms. The second-order valence-corrected chi connectivity index (χ2v) is 7.70. The second kappa shape index (κ2) is 5.34. The van der Waals surface area contributed by atoms with Crippen molar-refractivity contribution in [2.75, 3.05) is 5.73 Å². The molecule has 0 aliphatic carbocycles. The summed E-state index contributed by atoms with van der Waals surface area (Å²) in [4.78, 5) is 20.7. The number of nitrogens with one attached hydrogen (secondary N) is 1. The molecule has 1 rings (SSSR count). The Morgan fingerprint density at radius 3 is 2.50 bits per heavy atom. The Morgan fingerprint density at radius 2 is 2.10 bits per heavy atom. The smallest absolute Gasteiger partial charge is 0.304 e. The van der Waals surface area contributed by atoms with Crippen molar-refractivity contribution in [3.8, 4) is 0 Å². The largest absolute Gasteiger partial charge is 0.385 e. The maximum absolute atomic E-state index is 12.1. The molecule has 0 aromatic carbocycles. The first kappa shape index (κ1) is 16.3. The summed E-state index contributed by atoms with van der Waals surface area (Å²) in [6.07, 6.45) is -0.213. The number of carbonyl (C=O) groups excluding carboxylic acids is 1. The molecule has 0 aliphatic rings. The molecule has 0 saturated carbocycles. The summed E-state index contributed by atoms with van der Waals surface area (Å²) in [7, 11) is -4.02. The molecule has 0 radical (unpaired) electrons. The topological polar surface area (TPSA) is 158 Å². The zero-order valence-corrected chi connectivity index (χ0v) is 12.4. The number of nitro groups is 1. The summed E-state index contributed by atoms with van der Waals surface area (Å²) in [5.74, 6) is -0.672. The molecule has 1 heterocycles. The second-order valence-electron chi connectivity index (χ2n) is 4.70. The summed E-state index contributed by atoms with van der Waals surface area (Å²) < 4.78 is 26.1. The van der Waals surface area contributed by atoms with Crippen molar-refractivity contribution in [1.82, 2.24) is 4.72 Å². The van der Waals surface area contributed by atoms with Gasteiger partial charge in [0.15, 0.2) is 5.00 Å². The van der Waals surface area contributed by atoms with Crippen LogP contribution in [0.4, 0.5) is 10.7 Å². The van der Waals surface area contributed by atoms with Crippen LogP contribution in [0.1, 0.15) is 20.3 Å². The third-order valence-corrected chi connectivity index (χ3v) is 5.33. The number of rotatable bonds is 6. The van der Waals surface area contributed by atoms with Crippen molar-refractivity contribution in [1.29, 1.82) is 0 Å². The van der Waals surface area contributed by atoms with Gasteiger partial charge in [0.1, 0.15) is 4.21 Å². The zero-order chi connectivity index (χ0) is 15.7. The van der Waals surface area contributed by atoms with Crippen molar-refractivity contribution in [2.45, 2.75) is 30.0 Å². The number of anilines is 1. The van der Waals surface area contributed by atoms with Crippen molar-refractivity contribution in [3.63, 3.8) is 0 Å². The van der Waals surface area contributed by atoms with Gasteiger partial charge in [-0.3, -0.25) is 14.9 Å². The quantitative estimate of drug-likeness (QED) is 0.500. The van der Waals surface area contributed by atoms with Gasteiger partial charge in [-0.15, -0.1) is 0 Å². The average Bonchev–Trinajstić information content (AvgIpc) is 2.56. The molecular formula is C9H14N4O5S2. The molecule has 1 aromatic rings. The lowest BCUT2D eigenvalue weighted by Gasteiger charge is -2.23. The van der Waals surface area contributed by atoms with Crippen molar-refractivity contribution < 1.29 is 18.1 Å². The Kier molecular flexibility index (Phi) is 4.36. The van der Waals surface area contributed by atoms with E-state index < -0.39 is 32.1 Å². The first-order valence-corrected chi connectivity index (χ1v) is 7.60. The lowest BCUT2D eigenvalue weighted by molar-refractivity contribution is -0.383. The lowest BCUT2D eigenvalue weighted by Crippen LogP contribution is -2.45. The summed E-state index contributed by atoms with van der Waals surface area (Å²) >= 11 is 0.579. The van der Waals surface area contributed by atoms with Gasteiger partial charge in [-0.1, -0.05) is 11.3 Å². The van der Waals surface area contributed by atoms with Crippen LogP contribution in [0, 0.1) is 10.1 Å². The maximum Gasteiger partial charge on any atom is 0.304 e. The van der Waals surface area contributed by atoms with Crippen molar-refractivity contribution in [3.05, 3.63) is 16.2 Å². The SMILES string of the molecule is CC(C)(CC(N)=O)NS(=O)(=O)c1cc([N+](=O)[O-])c(N)s1. The van der Waals surface area contributed by atoms with Crippen LogP contribution in [0.25, 0.3) is 0 Å². The Balaban J connectivity index is 3.09. The monoisotopic (exact) mass is 322 g/mol. The van der Waals surface area contributed by atoms with Gasteiger partial charge in [0.05, 0.1) is 4.92 Å². The van der Waals surface area contributed by atoms with Gasteiger partial charge in [0, 0.05) is 18.0 Å². The number of thiophene rings is 1. The normalized spacial score (nSPS) is 12.3. The molecule has 0 unspecified atom stereocenters. The number of hydrogen-bond acceptors (Lipinski definition) is 7. The molecule has 0 saturated heterocycles. The highest BCUT2D eigenvalue weighted by Crippen LogP contribution is 2.34. The molecule has 112 valence electrons. The molecule has 9 nitrogen and oxygen atoms in total. The van der Waals surface area contributed by atoms with E-state index >= 15 is 0 Å². The Bertz CT molecular complexity index is 649. The molecule has 0 fully saturated rings. The van der Waals surface area contributed by atoms with Crippen LogP contribution in [0.3, 0.4) is 0 Å². The predicted molar refractivity (Wildman–Crippen MR) is 73.6 cm³/mol. The van der Waals surface area contributed by atoms with Gasteiger partial charge < -0.3 is 11.5 Å². The Hall–Kier alpha value is -1.72. The highest BCUT2D eigenvalue weighted by Gasteiger charge is 2.31. The van der Waals surface area contributed by atoms with Gasteiger partial charge in [0.25, 0.3) is 10.0 Å². The third-order valence-electron chi connectivity index (χ3n) is 2.21. The molecule has 0 spiro atoms. The van der Waals surface area contributed by atoms with Crippen LogP contribution in [-0.2, 0) is 14.8 Å². The standard InChI is InChI=1S/C9H14N4O5S2/c1-9(2,4-6(10)14)12-20(17,18)7-3-5(13(15)16)8(11)19-7/h3,12H,4,11H2,1-2H3,(H2,10,14). The molecular weight excluding hydrogens is 308 g/mol. The van der Waals surface area contributed by atoms with E-state index in [-0.39, 0.29) is 15.6 Å². The zero-order valence-electron chi connectivity index (χ0n) is 10.7. The van der Waals surface area contributed by atoms with Crippen molar-refractivity contribution in [2.24, 2.45) is 5.73 Å². The molecule has 11 heteroatoms. The van der Waals surface area contributed by atoms with E-state index in [1.54, 1.807) is 0 Å². The lowest BCUT2D eigenvalue weighted by atomic mass is 10.0. The fourth-order valence-corrected chi connectivity index (χ4v) is 4.16. The number of carbonyl (C=O) groups is 1. The summed E-state index contributed by atoms with van der Waals surface area (Å²) in [5, 5.41) is 10.4. The Labute approximate surface area is 119 Å². The van der Waals surface area contributed by atoms with E-state index in [1.165, 1.54) is 13.8 Å². The van der Waals surface area contributed by atoms with E-state index in [2.05, 4.69) is 4.72 Å². The van der Waals surface area contributed by atoms with Crippen LogP contribution < -0.4 is 16.2 Å². The first-order valence-electron chi connectivity index (χ1n) is 5.30. The first-order chi connectivity index (χ1) is 8.94. The Morgan fingerprint density at radius 1 is 1.55 bits per heavy atom. The molecule has 5 N–H and O–H groups in total. The van der Waals surface area contributed by atoms with E-state index in [0.717, 1.165) is 6.07 Å². The molecule has 1 aromatic heterocycles. The maximum atomic E-state index is 12.1. The fraction of sp³-hybridized carbons (Fsp3) is 0.444. The van der Waals surface area contributed by atoms with E-state index in [9.17, 15) is 23.3 Å². The van der Waals surface area contributed by atoms with E-state index in [4.69, 9.17) is 11.5 Å². The number of primary amides is 1. The van der Waals surface area contributed by atoms with Gasteiger partial charge in [0.2, 0.25) is 5.91 Å². The molecule has 0 aliphatic heterocycles. The summed E-state index contributed by atoms with van der Waals surface area (Å²) in [5.41, 5.74) is 8.84. The van der Waals surface area contributed by atoms with Crippen molar-refractivity contribution >= 4 is 38.0 Å². The number of sulfonamides is 1. The van der Waals surface area contributed by atoms with E-state index in [1.807, 2.05) is 0 Å². The minimum absolute atomic E-state index is 0.205. The number of nitrogen functional groups attached to an aromatic ring is 1. The molecule has 0 atom stereocenters. The summed E-state index contributed by atoms with van der Waals surface area (Å²) in [6.45, 7) is 2.95. The minimum Gasteiger partial charge on any atom is -0.385 e. The van der Waals surface area contributed by atoms with Crippen LogP contribution in [0.5, 0.6) is 0 Å². The highest BCUT2D eigenvalue weighted by atomic mass is 32.2. The van der Waals surface area contributed by atoms with Gasteiger partial charge >= 0.3 is 5.69 Å². The number of nitrogens with two attached hydrogens (primary N) is 2. The fourth-order valence-electron chi connectivity index (χ4n) is 1.53. The van der Waals surface area contributed by atoms with Crippen LogP contribution in [0.2, 0.25) is 0 Å². The van der Waals surface area contributed by atoms with Gasteiger partial charge in [-0.25, -0.2) is 13.1 Å². The number of nitrogens with zero attached hydrogens (tertiary/aromatic N) is 1. The average molecular weight is 322 g/mol. The van der Waals surface area contributed by atoms with Crippen LogP contribution in [-0.4, -0.2) is 24.8 Å². The summed E-state index contributed by atoms with van der Waals surface area (Å²) in [6, 6.07) is 0.878. The minimum atomic E-state index is -4.02. The number of amides is 1. The third kappa shape index (κ3) is 3.88. The molecule has 1 amide bonds. The van der Waals surface area contributed by atoms with Crippen LogP contribution in [0.15, 0.2) is 10.3 Å². The van der Waals surface area contributed by atoms with Gasteiger partial charge in [-0.2, -0.15) is 0 Å².